The summed E-state index contributed by atoms with van der Waals surface area (Å²) in [6, 6.07) is 29.0. The van der Waals surface area contributed by atoms with Gasteiger partial charge in [0.15, 0.2) is 0 Å². The maximum Gasteiger partial charge on any atom is 0.109 e. The van der Waals surface area contributed by atoms with Gasteiger partial charge in [0.1, 0.15) is 23.2 Å². The summed E-state index contributed by atoms with van der Waals surface area (Å²) in [7, 11) is -2.74. The Morgan fingerprint density at radius 1 is 0.571 bits per heavy atom. The molecule has 0 unspecified atom stereocenters. The van der Waals surface area contributed by atoms with Gasteiger partial charge in [-0.1, -0.05) is 54.6 Å². The van der Waals surface area contributed by atoms with Crippen LogP contribution >= 0.6 is 24.2 Å². The van der Waals surface area contributed by atoms with Gasteiger partial charge in [0.05, 0.1) is 10.7 Å². The quantitative estimate of drug-likeness (QED) is 0.614. The van der Waals surface area contributed by atoms with E-state index in [0.29, 0.717) is 0 Å². The molecule has 0 saturated carbocycles. The summed E-state index contributed by atoms with van der Waals surface area (Å²) < 4.78 is 25.3. The summed E-state index contributed by atoms with van der Waals surface area (Å²) in [4.78, 5) is 0. The normalized spacial score (nSPS) is 13.4. The Labute approximate surface area is 142 Å². The first-order valence-corrected chi connectivity index (χ1v) is 8.42. The summed E-state index contributed by atoms with van der Waals surface area (Å²) in [6.07, 6.45) is 0. The smallest absolute Gasteiger partial charge is 0.109 e. The van der Waals surface area contributed by atoms with Crippen molar-refractivity contribution in [1.29, 1.82) is 0 Å². The van der Waals surface area contributed by atoms with Crippen LogP contribution in [-0.4, -0.2) is 6.59 Å². The Morgan fingerprint density at radius 2 is 0.857 bits per heavy atom. The molecule has 0 aliphatic rings. The molecule has 0 aromatic heterocycles. The molecule has 0 saturated heterocycles. The number of hydrogen-bond donors (Lipinski definition) is 0. The van der Waals surface area contributed by atoms with E-state index in [0.717, 1.165) is 15.9 Å². The van der Waals surface area contributed by atoms with Gasteiger partial charge in [-0.15, -0.1) is 17.0 Å². The van der Waals surface area contributed by atoms with E-state index in [2.05, 4.69) is 0 Å². The van der Waals surface area contributed by atoms with Gasteiger partial charge < -0.3 is 0 Å². The first kappa shape index (κ1) is 12.1. The van der Waals surface area contributed by atoms with E-state index in [1.807, 2.05) is 91.0 Å². The minimum atomic E-state index is -2.74. The molecule has 2 heteroatoms. The minimum Gasteiger partial charge on any atom is -0.114 e. The first-order chi connectivity index (χ1) is 11.1. The Kier molecular flexibility index (Phi) is 4.06. The molecule has 3 aromatic carbocycles. The van der Waals surface area contributed by atoms with Gasteiger partial charge in [-0.05, 0) is 36.4 Å². The van der Waals surface area contributed by atoms with Crippen LogP contribution in [-0.2, 0) is 0 Å². The van der Waals surface area contributed by atoms with Crippen LogP contribution in [0.1, 0.15) is 4.11 Å². The molecule has 0 N–H and O–H groups in total. The number of rotatable bonds is 3. The van der Waals surface area contributed by atoms with E-state index in [-0.39, 0.29) is 17.0 Å². The van der Waals surface area contributed by atoms with E-state index in [1.54, 1.807) is 0 Å². The summed E-state index contributed by atoms with van der Waals surface area (Å²) in [5, 5.41) is 2.66. The fraction of sp³-hybridized carbons (Fsp3) is 0.0526. The zero-order chi connectivity index (χ0) is 16.3. The van der Waals surface area contributed by atoms with Crippen molar-refractivity contribution >= 4 is 40.2 Å². The van der Waals surface area contributed by atoms with Gasteiger partial charge in [-0.2, -0.15) is 0 Å². The van der Waals surface area contributed by atoms with Crippen LogP contribution in [0.15, 0.2) is 91.0 Å². The van der Waals surface area contributed by atoms with Gasteiger partial charge in [0.25, 0.3) is 0 Å². The van der Waals surface area contributed by atoms with Crippen LogP contribution in [0.25, 0.3) is 0 Å². The average Bonchev–Trinajstić information content (AvgIpc) is 2.57. The van der Waals surface area contributed by atoms with Gasteiger partial charge in [0.2, 0.25) is 0 Å². The molecule has 0 atom stereocenters. The predicted octanol–water partition coefficient (Wildman–Crippen LogP) is 4.19. The van der Waals surface area contributed by atoms with E-state index in [9.17, 15) is 0 Å². The molecule has 0 amide bonds. The number of halogens is 1. The van der Waals surface area contributed by atoms with E-state index in [4.69, 9.17) is 4.11 Å². The van der Waals surface area contributed by atoms with Crippen LogP contribution in [0.2, 0.25) is 0 Å². The van der Waals surface area contributed by atoms with E-state index >= 15 is 0 Å². The lowest BCUT2D eigenvalue weighted by atomic mass is 10.4. The van der Waals surface area contributed by atoms with Crippen molar-refractivity contribution in [2.75, 3.05) is 6.59 Å². The van der Waals surface area contributed by atoms with Crippen molar-refractivity contribution in [3.63, 3.8) is 0 Å². The Hall–Kier alpha value is -1.43. The summed E-state index contributed by atoms with van der Waals surface area (Å²) in [5.74, 6) is 0. The molecule has 0 radical (unpaired) electrons. The zero-order valence-corrected chi connectivity index (χ0v) is 14.1. The van der Waals surface area contributed by atoms with E-state index in [1.165, 1.54) is 0 Å². The highest BCUT2D eigenvalue weighted by Gasteiger charge is 2.39. The van der Waals surface area contributed by atoms with E-state index < -0.39 is 13.9 Å². The Morgan fingerprint density at radius 3 is 1.10 bits per heavy atom. The highest BCUT2D eigenvalue weighted by Crippen LogP contribution is 2.51. The second-order valence-corrected chi connectivity index (χ2v) is 7.57. The molecule has 0 heterocycles. The fourth-order valence-corrected chi connectivity index (χ4v) is 5.15. The fourth-order valence-electron chi connectivity index (χ4n) is 2.40. The third kappa shape index (κ3) is 3.10. The maximum atomic E-state index is 8.43. The summed E-state index contributed by atoms with van der Waals surface area (Å²) in [5.41, 5.74) is 0. The highest BCUT2D eigenvalue weighted by atomic mass is 79.9. The van der Waals surface area contributed by atoms with Gasteiger partial charge in [0, 0.05) is 0 Å². The standard InChI is InChI=1S/C19H18P.BrH/c1-20(17-11-5-2-6-12-17,18-13-7-3-8-14-18)19-15-9-4-10-16-19;/h2-16H,1H3;1H/q+1;/i1D3;. The van der Waals surface area contributed by atoms with Crippen LogP contribution in [0.5, 0.6) is 0 Å². The van der Waals surface area contributed by atoms with Crippen molar-refractivity contribution in [3.8, 4) is 0 Å². The third-order valence-corrected chi connectivity index (χ3v) is 6.65. The molecule has 3 aromatic rings. The maximum absolute atomic E-state index is 8.43. The molecule has 0 fully saturated rings. The lowest BCUT2D eigenvalue weighted by Crippen LogP contribution is -2.30. The largest absolute Gasteiger partial charge is 0.114 e. The van der Waals surface area contributed by atoms with Crippen LogP contribution in [0.3, 0.4) is 0 Å². The average molecular weight is 361 g/mol. The summed E-state index contributed by atoms with van der Waals surface area (Å²) in [6.45, 7) is -2.11. The Balaban J connectivity index is 0.00000208. The van der Waals surface area contributed by atoms with Crippen LogP contribution in [0, 0.1) is 0 Å². The second-order valence-electron chi connectivity index (χ2n) is 4.68. The molecule has 3 rings (SSSR count). The molecular formula is C19H19BrP+. The third-order valence-electron chi connectivity index (χ3n) is 3.43. The van der Waals surface area contributed by atoms with Gasteiger partial charge in [-0.25, -0.2) is 0 Å². The van der Waals surface area contributed by atoms with Crippen molar-refractivity contribution in [3.05, 3.63) is 91.0 Å². The molecule has 0 bridgehead atoms. The van der Waals surface area contributed by atoms with Crippen molar-refractivity contribution in [1.82, 2.24) is 0 Å². The lowest BCUT2D eigenvalue weighted by molar-refractivity contribution is 1.72. The molecule has 21 heavy (non-hydrogen) atoms. The zero-order valence-electron chi connectivity index (χ0n) is 14.5. The van der Waals surface area contributed by atoms with Crippen LogP contribution < -0.4 is 15.9 Å². The topological polar surface area (TPSA) is 0 Å². The predicted molar refractivity (Wildman–Crippen MR) is 101 cm³/mol. The van der Waals surface area contributed by atoms with Crippen molar-refractivity contribution in [2.45, 2.75) is 0 Å². The van der Waals surface area contributed by atoms with Gasteiger partial charge >= 0.3 is 0 Å². The molecule has 106 valence electrons. The first-order valence-electron chi connectivity index (χ1n) is 8.13. The molecule has 0 nitrogen and oxygen atoms in total. The van der Waals surface area contributed by atoms with Crippen molar-refractivity contribution < 1.29 is 4.11 Å². The molecule has 0 aliphatic carbocycles. The highest BCUT2D eigenvalue weighted by molar-refractivity contribution is 8.93. The number of hydrogen-bond acceptors (Lipinski definition) is 0. The SMILES string of the molecule is Br.[2H]C([2H])([2H])[P+](c1ccccc1)(c1ccccc1)c1ccccc1. The molecule has 0 spiro atoms. The van der Waals surface area contributed by atoms with Gasteiger partial charge in [-0.3, -0.25) is 0 Å². The van der Waals surface area contributed by atoms with Crippen LogP contribution in [0.4, 0.5) is 0 Å². The Bertz CT molecular complexity index is 662. The van der Waals surface area contributed by atoms with Crippen molar-refractivity contribution in [2.24, 2.45) is 0 Å². The summed E-state index contributed by atoms with van der Waals surface area (Å²) >= 11 is 0. The monoisotopic (exact) mass is 360 g/mol. The second kappa shape index (κ2) is 7.02. The number of benzene rings is 3. The minimum absolute atomic E-state index is 0. The molecular weight excluding hydrogens is 339 g/mol. The lowest BCUT2D eigenvalue weighted by Gasteiger charge is -2.22. The molecule has 0 aliphatic heterocycles.